The summed E-state index contributed by atoms with van der Waals surface area (Å²) < 4.78 is 0.490. The zero-order valence-corrected chi connectivity index (χ0v) is 13.7. The Morgan fingerprint density at radius 1 is 1.11 bits per heavy atom. The second kappa shape index (κ2) is 7.90. The molecule has 2 rings (SSSR count). The van der Waals surface area contributed by atoms with Gasteiger partial charge in [0.25, 0.3) is 0 Å². The summed E-state index contributed by atoms with van der Waals surface area (Å²) in [4.78, 5) is 2.66. The average Bonchev–Trinajstić information content (AvgIpc) is 2.71. The molecule has 0 radical (unpaired) electrons. The van der Waals surface area contributed by atoms with Gasteiger partial charge in [-0.3, -0.25) is 0 Å². The minimum absolute atomic E-state index is 0.490. The first kappa shape index (κ1) is 15.7. The predicted molar refractivity (Wildman–Crippen MR) is 87.1 cm³/mol. The monoisotopic (exact) mass is 284 g/mol. The highest BCUT2D eigenvalue weighted by atomic mass is 32.2. The highest BCUT2D eigenvalue weighted by Gasteiger charge is 2.23. The van der Waals surface area contributed by atoms with Crippen LogP contribution in [0, 0.1) is 0 Å². The molecule has 0 aromatic rings. The second-order valence-corrected chi connectivity index (χ2v) is 8.64. The zero-order valence-electron chi connectivity index (χ0n) is 12.9. The number of hydrogen-bond donors (Lipinski definition) is 1. The van der Waals surface area contributed by atoms with E-state index >= 15 is 0 Å². The van der Waals surface area contributed by atoms with Gasteiger partial charge in [-0.15, -0.1) is 0 Å². The van der Waals surface area contributed by atoms with Crippen LogP contribution in [0.25, 0.3) is 0 Å². The molecule has 1 aliphatic carbocycles. The summed E-state index contributed by atoms with van der Waals surface area (Å²) in [7, 11) is 0. The van der Waals surface area contributed by atoms with E-state index in [0.29, 0.717) is 4.75 Å². The van der Waals surface area contributed by atoms with Crippen LogP contribution < -0.4 is 5.32 Å². The van der Waals surface area contributed by atoms with E-state index in [2.05, 4.69) is 35.8 Å². The lowest BCUT2D eigenvalue weighted by Crippen LogP contribution is -2.38. The minimum Gasteiger partial charge on any atom is -0.313 e. The summed E-state index contributed by atoms with van der Waals surface area (Å²) in [5.41, 5.74) is 0. The lowest BCUT2D eigenvalue weighted by atomic mass is 10.1. The molecule has 19 heavy (non-hydrogen) atoms. The van der Waals surface area contributed by atoms with E-state index in [4.69, 9.17) is 0 Å². The van der Waals surface area contributed by atoms with Crippen molar-refractivity contribution in [3.05, 3.63) is 0 Å². The Bertz CT molecular complexity index is 247. The van der Waals surface area contributed by atoms with Gasteiger partial charge in [0.1, 0.15) is 0 Å². The third-order valence-electron chi connectivity index (χ3n) is 4.65. The standard InChI is InChI=1S/C16H32N2S/c1-16(2)9-11-18(13-14-19-16)12-10-17-15-7-5-3-4-6-8-15/h15,17H,3-14H2,1-2H3. The first-order valence-electron chi connectivity index (χ1n) is 8.25. The summed E-state index contributed by atoms with van der Waals surface area (Å²) >= 11 is 2.15. The van der Waals surface area contributed by atoms with Crippen LogP contribution >= 0.6 is 11.8 Å². The van der Waals surface area contributed by atoms with Crippen LogP contribution in [0.2, 0.25) is 0 Å². The van der Waals surface area contributed by atoms with Crippen LogP contribution in [-0.2, 0) is 0 Å². The Morgan fingerprint density at radius 2 is 1.84 bits per heavy atom. The molecule has 1 N–H and O–H groups in total. The number of nitrogens with zero attached hydrogens (tertiary/aromatic N) is 1. The van der Waals surface area contributed by atoms with Crippen LogP contribution in [0.3, 0.4) is 0 Å². The fourth-order valence-electron chi connectivity index (χ4n) is 3.20. The molecule has 0 unspecified atom stereocenters. The van der Waals surface area contributed by atoms with Crippen molar-refractivity contribution in [2.24, 2.45) is 0 Å². The second-order valence-electron chi connectivity index (χ2n) is 6.84. The topological polar surface area (TPSA) is 15.3 Å². The van der Waals surface area contributed by atoms with Crippen LogP contribution in [-0.4, -0.2) is 47.6 Å². The molecule has 0 bridgehead atoms. The maximum atomic E-state index is 3.80. The molecule has 3 heteroatoms. The summed E-state index contributed by atoms with van der Waals surface area (Å²) in [6.07, 6.45) is 9.93. The maximum Gasteiger partial charge on any atom is 0.0116 e. The molecule has 0 atom stereocenters. The minimum atomic E-state index is 0.490. The number of thioether (sulfide) groups is 1. The molecule has 0 aromatic carbocycles. The van der Waals surface area contributed by atoms with E-state index in [-0.39, 0.29) is 0 Å². The van der Waals surface area contributed by atoms with Crippen molar-refractivity contribution >= 4 is 11.8 Å². The highest BCUT2D eigenvalue weighted by molar-refractivity contribution is 8.00. The van der Waals surface area contributed by atoms with Gasteiger partial charge >= 0.3 is 0 Å². The molecule has 2 fully saturated rings. The highest BCUT2D eigenvalue weighted by Crippen LogP contribution is 2.30. The number of nitrogens with one attached hydrogen (secondary N) is 1. The van der Waals surface area contributed by atoms with Crippen LogP contribution in [0.5, 0.6) is 0 Å². The van der Waals surface area contributed by atoms with Gasteiger partial charge in [0.15, 0.2) is 0 Å². The van der Waals surface area contributed by atoms with E-state index < -0.39 is 0 Å². The fourth-order valence-corrected chi connectivity index (χ4v) is 4.33. The third kappa shape index (κ3) is 6.05. The first-order valence-corrected chi connectivity index (χ1v) is 9.24. The quantitative estimate of drug-likeness (QED) is 0.795. The molecule has 1 aliphatic heterocycles. The molecule has 1 saturated carbocycles. The Hall–Kier alpha value is 0.270. The lowest BCUT2D eigenvalue weighted by molar-refractivity contribution is 0.276. The molecule has 1 heterocycles. The molecule has 1 saturated heterocycles. The Morgan fingerprint density at radius 3 is 2.58 bits per heavy atom. The van der Waals surface area contributed by atoms with Crippen LogP contribution in [0.4, 0.5) is 0 Å². The number of hydrogen-bond acceptors (Lipinski definition) is 3. The zero-order chi connectivity index (χ0) is 13.6. The molecular weight excluding hydrogens is 252 g/mol. The third-order valence-corrected chi connectivity index (χ3v) is 6.02. The van der Waals surface area contributed by atoms with Gasteiger partial charge in [-0.2, -0.15) is 11.8 Å². The van der Waals surface area contributed by atoms with Crippen molar-refractivity contribution in [2.75, 3.05) is 31.9 Å². The molecule has 112 valence electrons. The largest absolute Gasteiger partial charge is 0.313 e. The fraction of sp³-hybridized carbons (Fsp3) is 1.00. The van der Waals surface area contributed by atoms with Crippen molar-refractivity contribution in [3.8, 4) is 0 Å². The average molecular weight is 285 g/mol. The maximum absolute atomic E-state index is 3.80. The molecule has 0 spiro atoms. The summed E-state index contributed by atoms with van der Waals surface area (Å²) in [6, 6.07) is 0.806. The van der Waals surface area contributed by atoms with Crippen LogP contribution in [0.15, 0.2) is 0 Å². The van der Waals surface area contributed by atoms with E-state index in [1.54, 1.807) is 0 Å². The van der Waals surface area contributed by atoms with Gasteiger partial charge in [0, 0.05) is 36.2 Å². The van der Waals surface area contributed by atoms with E-state index in [9.17, 15) is 0 Å². The van der Waals surface area contributed by atoms with Crippen molar-refractivity contribution in [1.29, 1.82) is 0 Å². The van der Waals surface area contributed by atoms with E-state index in [1.165, 1.54) is 76.9 Å². The molecule has 0 amide bonds. The Kier molecular flexibility index (Phi) is 6.51. The van der Waals surface area contributed by atoms with E-state index in [0.717, 1.165) is 6.04 Å². The molecule has 2 nitrogen and oxygen atoms in total. The van der Waals surface area contributed by atoms with Gasteiger partial charge in [-0.05, 0) is 25.8 Å². The lowest BCUT2D eigenvalue weighted by Gasteiger charge is -2.24. The summed E-state index contributed by atoms with van der Waals surface area (Å²) in [5, 5.41) is 3.80. The Balaban J connectivity index is 1.62. The van der Waals surface area contributed by atoms with Gasteiger partial charge < -0.3 is 10.2 Å². The van der Waals surface area contributed by atoms with Crippen molar-refractivity contribution in [3.63, 3.8) is 0 Å². The smallest absolute Gasteiger partial charge is 0.0116 e. The van der Waals surface area contributed by atoms with Gasteiger partial charge in [-0.1, -0.05) is 39.5 Å². The first-order chi connectivity index (χ1) is 9.16. The summed E-state index contributed by atoms with van der Waals surface area (Å²) in [6.45, 7) is 9.78. The van der Waals surface area contributed by atoms with Crippen molar-refractivity contribution < 1.29 is 0 Å². The Labute approximate surface area is 124 Å². The van der Waals surface area contributed by atoms with Crippen molar-refractivity contribution in [2.45, 2.75) is 69.6 Å². The number of rotatable bonds is 4. The molecule has 0 aromatic heterocycles. The van der Waals surface area contributed by atoms with Gasteiger partial charge in [-0.25, -0.2) is 0 Å². The SMILES string of the molecule is CC1(C)CCN(CCNC2CCCCCC2)CCS1. The predicted octanol–water partition coefficient (Wildman–Crippen LogP) is 3.52. The van der Waals surface area contributed by atoms with Crippen molar-refractivity contribution in [1.82, 2.24) is 10.2 Å². The van der Waals surface area contributed by atoms with Gasteiger partial charge in [0.2, 0.25) is 0 Å². The molecular formula is C16H32N2S. The van der Waals surface area contributed by atoms with Crippen LogP contribution in [0.1, 0.15) is 58.8 Å². The normalized spacial score (nSPS) is 26.8. The van der Waals surface area contributed by atoms with Gasteiger partial charge in [0.05, 0.1) is 0 Å². The van der Waals surface area contributed by atoms with E-state index in [1.807, 2.05) is 0 Å². The molecule has 2 aliphatic rings. The summed E-state index contributed by atoms with van der Waals surface area (Å²) in [5.74, 6) is 1.30.